The summed E-state index contributed by atoms with van der Waals surface area (Å²) in [6, 6.07) is 7.04. The monoisotopic (exact) mass is 219 g/mol. The highest BCUT2D eigenvalue weighted by Gasteiger charge is 2.20. The first-order valence-electron chi connectivity index (χ1n) is 6.08. The summed E-state index contributed by atoms with van der Waals surface area (Å²) in [7, 11) is 2.05. The molecule has 1 atom stereocenters. The predicted octanol–water partition coefficient (Wildman–Crippen LogP) is 4.00. The van der Waals surface area contributed by atoms with E-state index in [2.05, 4.69) is 65.2 Å². The highest BCUT2D eigenvalue weighted by molar-refractivity contribution is 5.35. The van der Waals surface area contributed by atoms with E-state index in [-0.39, 0.29) is 0 Å². The van der Waals surface area contributed by atoms with Crippen molar-refractivity contribution in [3.05, 3.63) is 34.9 Å². The summed E-state index contributed by atoms with van der Waals surface area (Å²) in [5, 5.41) is 3.44. The fourth-order valence-electron chi connectivity index (χ4n) is 2.13. The lowest BCUT2D eigenvalue weighted by Gasteiger charge is -2.27. The zero-order chi connectivity index (χ0) is 12.3. The second kappa shape index (κ2) is 5.01. The molecule has 1 aromatic rings. The molecule has 90 valence electrons. The van der Waals surface area contributed by atoms with Gasteiger partial charge in [0.1, 0.15) is 0 Å². The first kappa shape index (κ1) is 13.2. The summed E-state index contributed by atoms with van der Waals surface area (Å²) in [6.07, 6.45) is 1.16. The van der Waals surface area contributed by atoms with Gasteiger partial charge in [-0.3, -0.25) is 0 Å². The molecule has 1 rings (SSSR count). The number of aryl methyl sites for hydroxylation is 1. The molecule has 16 heavy (non-hydrogen) atoms. The molecule has 0 fully saturated rings. The van der Waals surface area contributed by atoms with Crippen molar-refractivity contribution in [2.75, 3.05) is 7.05 Å². The molecular formula is C15H25N. The lowest BCUT2D eigenvalue weighted by molar-refractivity contribution is 0.320. The van der Waals surface area contributed by atoms with Gasteiger partial charge in [-0.25, -0.2) is 0 Å². The maximum absolute atomic E-state index is 3.44. The summed E-state index contributed by atoms with van der Waals surface area (Å²) >= 11 is 0. The van der Waals surface area contributed by atoms with Crippen LogP contribution in [0.15, 0.2) is 18.2 Å². The van der Waals surface area contributed by atoms with Crippen LogP contribution in [0.25, 0.3) is 0 Å². The van der Waals surface area contributed by atoms with E-state index in [0.29, 0.717) is 11.5 Å². The van der Waals surface area contributed by atoms with E-state index >= 15 is 0 Å². The van der Waals surface area contributed by atoms with Gasteiger partial charge in [-0.1, -0.05) is 39.0 Å². The topological polar surface area (TPSA) is 12.0 Å². The van der Waals surface area contributed by atoms with Crippen LogP contribution in [0.2, 0.25) is 0 Å². The fraction of sp³-hybridized carbons (Fsp3) is 0.600. The molecule has 0 aromatic heterocycles. The van der Waals surface area contributed by atoms with E-state index in [1.54, 1.807) is 0 Å². The van der Waals surface area contributed by atoms with E-state index in [1.165, 1.54) is 16.7 Å². The standard InChI is InChI=1S/C15H25N/c1-11-8-7-9-13(12(11)2)14(16-6)10-15(3,4)5/h7-9,14,16H,10H2,1-6H3. The average molecular weight is 219 g/mol. The van der Waals surface area contributed by atoms with E-state index in [9.17, 15) is 0 Å². The van der Waals surface area contributed by atoms with Gasteiger partial charge in [-0.2, -0.15) is 0 Å². The number of hydrogen-bond donors (Lipinski definition) is 1. The maximum atomic E-state index is 3.44. The van der Waals surface area contributed by atoms with Gasteiger partial charge in [0, 0.05) is 6.04 Å². The van der Waals surface area contributed by atoms with Gasteiger partial charge in [0.15, 0.2) is 0 Å². The Morgan fingerprint density at radius 1 is 1.19 bits per heavy atom. The van der Waals surface area contributed by atoms with Crippen molar-refractivity contribution in [3.63, 3.8) is 0 Å². The number of rotatable bonds is 3. The third kappa shape index (κ3) is 3.34. The number of hydrogen-bond acceptors (Lipinski definition) is 1. The quantitative estimate of drug-likeness (QED) is 0.810. The molecule has 1 heteroatoms. The lowest BCUT2D eigenvalue weighted by atomic mass is 9.84. The van der Waals surface area contributed by atoms with Crippen LogP contribution in [0, 0.1) is 19.3 Å². The molecule has 1 nitrogen and oxygen atoms in total. The first-order chi connectivity index (χ1) is 7.35. The molecule has 1 unspecified atom stereocenters. The lowest BCUT2D eigenvalue weighted by Crippen LogP contribution is -2.23. The van der Waals surface area contributed by atoms with Gasteiger partial charge in [-0.15, -0.1) is 0 Å². The Labute approximate surface area is 100 Å². The van der Waals surface area contributed by atoms with Gasteiger partial charge in [-0.05, 0) is 49.4 Å². The van der Waals surface area contributed by atoms with Crippen LogP contribution in [0.4, 0.5) is 0 Å². The van der Waals surface area contributed by atoms with Crippen molar-refractivity contribution < 1.29 is 0 Å². The second-order valence-corrected chi connectivity index (χ2v) is 5.90. The molecule has 0 spiro atoms. The molecule has 0 aliphatic rings. The summed E-state index contributed by atoms with van der Waals surface area (Å²) in [4.78, 5) is 0. The SMILES string of the molecule is CNC(CC(C)(C)C)c1cccc(C)c1C. The van der Waals surface area contributed by atoms with E-state index < -0.39 is 0 Å². The summed E-state index contributed by atoms with van der Waals surface area (Å²) < 4.78 is 0. The normalized spacial score (nSPS) is 13.9. The Kier molecular flexibility index (Phi) is 4.15. The van der Waals surface area contributed by atoms with Crippen LogP contribution in [0.1, 0.15) is 49.9 Å². The van der Waals surface area contributed by atoms with Gasteiger partial charge in [0.05, 0.1) is 0 Å². The van der Waals surface area contributed by atoms with Gasteiger partial charge in [0.2, 0.25) is 0 Å². The molecule has 0 aliphatic carbocycles. The largest absolute Gasteiger partial charge is 0.313 e. The van der Waals surface area contributed by atoms with E-state index in [0.717, 1.165) is 6.42 Å². The Balaban J connectivity index is 3.00. The summed E-state index contributed by atoms with van der Waals surface area (Å²) in [6.45, 7) is 11.3. The average Bonchev–Trinajstić information content (AvgIpc) is 2.18. The zero-order valence-electron chi connectivity index (χ0n) is 11.5. The Morgan fingerprint density at radius 2 is 1.81 bits per heavy atom. The van der Waals surface area contributed by atoms with Crippen LogP contribution in [-0.4, -0.2) is 7.05 Å². The minimum atomic E-state index is 0.351. The summed E-state index contributed by atoms with van der Waals surface area (Å²) in [5.41, 5.74) is 4.60. The van der Waals surface area contributed by atoms with Gasteiger partial charge < -0.3 is 5.32 Å². The molecule has 0 saturated carbocycles. The minimum Gasteiger partial charge on any atom is -0.313 e. The minimum absolute atomic E-state index is 0.351. The van der Waals surface area contributed by atoms with Crippen LogP contribution >= 0.6 is 0 Å². The molecule has 0 radical (unpaired) electrons. The third-order valence-corrected chi connectivity index (χ3v) is 3.19. The van der Waals surface area contributed by atoms with Crippen LogP contribution in [0.3, 0.4) is 0 Å². The van der Waals surface area contributed by atoms with Crippen molar-refractivity contribution in [2.45, 2.75) is 47.1 Å². The van der Waals surface area contributed by atoms with E-state index in [1.807, 2.05) is 0 Å². The van der Waals surface area contributed by atoms with Crippen molar-refractivity contribution in [1.82, 2.24) is 5.32 Å². The smallest absolute Gasteiger partial charge is 0.0325 e. The Hall–Kier alpha value is -0.820. The second-order valence-electron chi connectivity index (χ2n) is 5.90. The Bertz CT molecular complexity index is 347. The van der Waals surface area contributed by atoms with Crippen molar-refractivity contribution >= 4 is 0 Å². The highest BCUT2D eigenvalue weighted by Crippen LogP contribution is 2.31. The molecule has 0 heterocycles. The van der Waals surface area contributed by atoms with Gasteiger partial charge >= 0.3 is 0 Å². The van der Waals surface area contributed by atoms with Crippen molar-refractivity contribution in [2.24, 2.45) is 5.41 Å². The zero-order valence-corrected chi connectivity index (χ0v) is 11.5. The van der Waals surface area contributed by atoms with Crippen LogP contribution in [-0.2, 0) is 0 Å². The fourth-order valence-corrected chi connectivity index (χ4v) is 2.13. The maximum Gasteiger partial charge on any atom is 0.0325 e. The first-order valence-corrected chi connectivity index (χ1v) is 6.08. The predicted molar refractivity (Wildman–Crippen MR) is 71.8 cm³/mol. The number of nitrogens with one attached hydrogen (secondary N) is 1. The Morgan fingerprint density at radius 3 is 2.31 bits per heavy atom. The van der Waals surface area contributed by atoms with Gasteiger partial charge in [0.25, 0.3) is 0 Å². The van der Waals surface area contributed by atoms with Crippen LogP contribution in [0.5, 0.6) is 0 Å². The third-order valence-electron chi connectivity index (χ3n) is 3.19. The molecule has 0 amide bonds. The molecule has 1 N–H and O–H groups in total. The molecule has 0 saturated heterocycles. The van der Waals surface area contributed by atoms with Crippen LogP contribution < -0.4 is 5.32 Å². The van der Waals surface area contributed by atoms with E-state index in [4.69, 9.17) is 0 Å². The molecule has 0 bridgehead atoms. The van der Waals surface area contributed by atoms with Crippen molar-refractivity contribution in [3.8, 4) is 0 Å². The number of benzene rings is 1. The molecular weight excluding hydrogens is 194 g/mol. The summed E-state index contributed by atoms with van der Waals surface area (Å²) in [5.74, 6) is 0. The molecule has 0 aliphatic heterocycles. The highest BCUT2D eigenvalue weighted by atomic mass is 14.9. The molecule has 1 aromatic carbocycles. The van der Waals surface area contributed by atoms with Crippen molar-refractivity contribution in [1.29, 1.82) is 0 Å².